The number of aliphatic carboxylic acids is 1. The normalized spacial score (nSPS) is 11.7. The molecule has 4 nitrogen and oxygen atoms in total. The molecule has 0 unspecified atom stereocenters. The van der Waals surface area contributed by atoms with Crippen LogP contribution in [0.2, 0.25) is 0 Å². The Morgan fingerprint density at radius 1 is 1.05 bits per heavy atom. The number of carbonyl (C=O) groups is 2. The van der Waals surface area contributed by atoms with E-state index in [4.69, 9.17) is 5.11 Å². The fourth-order valence-corrected chi connectivity index (χ4v) is 2.35. The van der Waals surface area contributed by atoms with E-state index in [9.17, 15) is 9.59 Å². The van der Waals surface area contributed by atoms with Crippen LogP contribution in [0.15, 0.2) is 48.5 Å². The molecule has 0 aromatic heterocycles. The summed E-state index contributed by atoms with van der Waals surface area (Å²) < 4.78 is 0. The Morgan fingerprint density at radius 3 is 2.36 bits per heavy atom. The summed E-state index contributed by atoms with van der Waals surface area (Å²) in [4.78, 5) is 23.5. The molecule has 2 aromatic rings. The standard InChI is InChI=1S/C18H19NO3/c1-12-7-6-10-15(13(12)2)18(22)19-16(11-17(20)21)14-8-4-3-5-9-14/h3-10,16H,11H2,1-2H3,(H,19,22)(H,20,21)/t16-/m1/s1. The van der Waals surface area contributed by atoms with Crippen molar-refractivity contribution in [3.63, 3.8) is 0 Å². The molecule has 1 atom stereocenters. The number of hydrogen-bond acceptors (Lipinski definition) is 2. The van der Waals surface area contributed by atoms with Gasteiger partial charge in [0.2, 0.25) is 0 Å². The van der Waals surface area contributed by atoms with Crippen molar-refractivity contribution in [2.24, 2.45) is 0 Å². The maximum Gasteiger partial charge on any atom is 0.305 e. The lowest BCUT2D eigenvalue weighted by Gasteiger charge is -2.18. The van der Waals surface area contributed by atoms with Crippen LogP contribution in [0.5, 0.6) is 0 Å². The van der Waals surface area contributed by atoms with Gasteiger partial charge in [0.25, 0.3) is 5.91 Å². The maximum atomic E-state index is 12.5. The molecule has 0 aliphatic carbocycles. The van der Waals surface area contributed by atoms with Crippen LogP contribution >= 0.6 is 0 Å². The summed E-state index contributed by atoms with van der Waals surface area (Å²) >= 11 is 0. The molecule has 2 N–H and O–H groups in total. The summed E-state index contributed by atoms with van der Waals surface area (Å²) in [5.74, 6) is -1.20. The number of rotatable bonds is 5. The van der Waals surface area contributed by atoms with E-state index in [2.05, 4.69) is 5.32 Å². The molecule has 2 rings (SSSR count). The summed E-state index contributed by atoms with van der Waals surface area (Å²) in [6.07, 6.45) is -0.152. The molecule has 0 fully saturated rings. The zero-order chi connectivity index (χ0) is 16.1. The lowest BCUT2D eigenvalue weighted by atomic mass is 10.0. The van der Waals surface area contributed by atoms with Gasteiger partial charge < -0.3 is 10.4 Å². The van der Waals surface area contributed by atoms with Gasteiger partial charge in [-0.05, 0) is 36.6 Å². The average molecular weight is 297 g/mol. The maximum absolute atomic E-state index is 12.5. The molecule has 0 radical (unpaired) electrons. The molecule has 4 heteroatoms. The van der Waals surface area contributed by atoms with E-state index in [-0.39, 0.29) is 12.3 Å². The predicted octanol–water partition coefficient (Wildman–Crippen LogP) is 3.25. The van der Waals surface area contributed by atoms with Gasteiger partial charge in [-0.15, -0.1) is 0 Å². The van der Waals surface area contributed by atoms with Crippen LogP contribution < -0.4 is 5.32 Å². The highest BCUT2D eigenvalue weighted by Gasteiger charge is 2.19. The molecule has 0 saturated carbocycles. The van der Waals surface area contributed by atoms with Gasteiger partial charge in [0.1, 0.15) is 0 Å². The van der Waals surface area contributed by atoms with E-state index in [0.717, 1.165) is 16.7 Å². The fraction of sp³-hybridized carbons (Fsp3) is 0.222. The highest BCUT2D eigenvalue weighted by molar-refractivity contribution is 5.96. The van der Waals surface area contributed by atoms with Crippen molar-refractivity contribution >= 4 is 11.9 Å². The molecular formula is C18H19NO3. The van der Waals surface area contributed by atoms with Gasteiger partial charge in [0.05, 0.1) is 12.5 Å². The molecular weight excluding hydrogens is 278 g/mol. The minimum atomic E-state index is -0.949. The smallest absolute Gasteiger partial charge is 0.305 e. The second-order valence-corrected chi connectivity index (χ2v) is 5.28. The van der Waals surface area contributed by atoms with Crippen molar-refractivity contribution in [1.82, 2.24) is 5.32 Å². The molecule has 0 aliphatic heterocycles. The van der Waals surface area contributed by atoms with Crippen molar-refractivity contribution in [3.8, 4) is 0 Å². The highest BCUT2D eigenvalue weighted by atomic mass is 16.4. The lowest BCUT2D eigenvalue weighted by molar-refractivity contribution is -0.137. The number of carboxylic acids is 1. The predicted molar refractivity (Wildman–Crippen MR) is 84.8 cm³/mol. The number of carboxylic acid groups (broad SMARTS) is 1. The lowest BCUT2D eigenvalue weighted by Crippen LogP contribution is -2.30. The van der Waals surface area contributed by atoms with Crippen LogP contribution in [0.3, 0.4) is 0 Å². The highest BCUT2D eigenvalue weighted by Crippen LogP contribution is 2.19. The molecule has 22 heavy (non-hydrogen) atoms. The van der Waals surface area contributed by atoms with Crippen LogP contribution in [0.1, 0.15) is 39.5 Å². The van der Waals surface area contributed by atoms with Crippen LogP contribution in [-0.4, -0.2) is 17.0 Å². The SMILES string of the molecule is Cc1cccc(C(=O)N[C@H](CC(=O)O)c2ccccc2)c1C. The third kappa shape index (κ3) is 3.73. The molecule has 0 spiro atoms. The number of aryl methyl sites for hydroxylation is 1. The second kappa shape index (κ2) is 6.89. The molecule has 1 amide bonds. The first kappa shape index (κ1) is 15.8. The number of carbonyl (C=O) groups excluding carboxylic acids is 1. The Labute approximate surface area is 129 Å². The summed E-state index contributed by atoms with van der Waals surface area (Å²) in [6.45, 7) is 3.83. The first-order valence-corrected chi connectivity index (χ1v) is 7.13. The Hall–Kier alpha value is -2.62. The van der Waals surface area contributed by atoms with Crippen LogP contribution in [0, 0.1) is 13.8 Å². The van der Waals surface area contributed by atoms with Crippen LogP contribution in [-0.2, 0) is 4.79 Å². The topological polar surface area (TPSA) is 66.4 Å². The first-order valence-electron chi connectivity index (χ1n) is 7.13. The molecule has 114 valence electrons. The summed E-state index contributed by atoms with van der Waals surface area (Å²) in [5, 5.41) is 11.9. The van der Waals surface area contributed by atoms with Crippen molar-refractivity contribution in [3.05, 3.63) is 70.8 Å². The largest absolute Gasteiger partial charge is 0.481 e. The number of nitrogens with one attached hydrogen (secondary N) is 1. The number of amides is 1. The Bertz CT molecular complexity index is 680. The molecule has 0 saturated heterocycles. The molecule has 0 aliphatic rings. The first-order chi connectivity index (χ1) is 10.5. The average Bonchev–Trinajstić information content (AvgIpc) is 2.49. The van der Waals surface area contributed by atoms with Gasteiger partial charge in [-0.1, -0.05) is 42.5 Å². The summed E-state index contributed by atoms with van der Waals surface area (Å²) in [6, 6.07) is 14.1. The molecule has 2 aromatic carbocycles. The quantitative estimate of drug-likeness (QED) is 0.890. The van der Waals surface area contributed by atoms with Crippen molar-refractivity contribution in [1.29, 1.82) is 0 Å². The minimum absolute atomic E-state index is 0.152. The summed E-state index contributed by atoms with van der Waals surface area (Å²) in [7, 11) is 0. The van der Waals surface area contributed by atoms with E-state index in [1.807, 2.05) is 56.3 Å². The zero-order valence-electron chi connectivity index (χ0n) is 12.7. The van der Waals surface area contributed by atoms with Crippen molar-refractivity contribution < 1.29 is 14.7 Å². The van der Waals surface area contributed by atoms with Crippen molar-refractivity contribution in [2.45, 2.75) is 26.3 Å². The third-order valence-electron chi connectivity index (χ3n) is 3.74. The van der Waals surface area contributed by atoms with Crippen molar-refractivity contribution in [2.75, 3.05) is 0 Å². The van der Waals surface area contributed by atoms with Gasteiger partial charge in [0, 0.05) is 5.56 Å². The van der Waals surface area contributed by atoms with Crippen LogP contribution in [0.25, 0.3) is 0 Å². The van der Waals surface area contributed by atoms with Gasteiger partial charge in [-0.2, -0.15) is 0 Å². The number of benzene rings is 2. The third-order valence-corrected chi connectivity index (χ3v) is 3.74. The van der Waals surface area contributed by atoms with E-state index < -0.39 is 12.0 Å². The van der Waals surface area contributed by atoms with Gasteiger partial charge in [-0.25, -0.2) is 0 Å². The molecule has 0 bridgehead atoms. The van der Waals surface area contributed by atoms with E-state index in [1.165, 1.54) is 0 Å². The van der Waals surface area contributed by atoms with E-state index in [0.29, 0.717) is 5.56 Å². The Balaban J connectivity index is 2.25. The zero-order valence-corrected chi connectivity index (χ0v) is 12.7. The Kier molecular flexibility index (Phi) is 4.94. The Morgan fingerprint density at radius 2 is 1.73 bits per heavy atom. The van der Waals surface area contributed by atoms with Gasteiger partial charge in [0.15, 0.2) is 0 Å². The van der Waals surface area contributed by atoms with E-state index >= 15 is 0 Å². The second-order valence-electron chi connectivity index (χ2n) is 5.28. The van der Waals surface area contributed by atoms with Gasteiger partial charge >= 0.3 is 5.97 Å². The fourth-order valence-electron chi connectivity index (χ4n) is 2.35. The minimum Gasteiger partial charge on any atom is -0.481 e. The van der Waals surface area contributed by atoms with E-state index in [1.54, 1.807) is 6.07 Å². The van der Waals surface area contributed by atoms with Crippen LogP contribution in [0.4, 0.5) is 0 Å². The number of hydrogen-bond donors (Lipinski definition) is 2. The molecule has 0 heterocycles. The van der Waals surface area contributed by atoms with Gasteiger partial charge in [-0.3, -0.25) is 9.59 Å². The monoisotopic (exact) mass is 297 g/mol. The summed E-state index contributed by atoms with van der Waals surface area (Å²) in [5.41, 5.74) is 3.29.